The SMILES string of the molecule is N#Cc1ccc(-c2ccc3c4c(ccc(-c5ccc(-c6cccc(-c7ccc(-c8nc(-c9ccccc9)nc(-c9ccccc9)n8)cc7)c6)cc5)c24)-c2ccccc2-3)c2ccccc12. The molecule has 0 saturated heterocycles. The van der Waals surface area contributed by atoms with Gasteiger partial charge in [-0.05, 0) is 95.1 Å². The molecule has 0 atom stereocenters. The molecule has 12 rings (SSSR count). The van der Waals surface area contributed by atoms with Crippen LogP contribution in [0.25, 0.3) is 122 Å². The topological polar surface area (TPSA) is 62.5 Å². The van der Waals surface area contributed by atoms with Gasteiger partial charge in [0.2, 0.25) is 0 Å². The second kappa shape index (κ2) is 15.3. The summed E-state index contributed by atoms with van der Waals surface area (Å²) in [7, 11) is 0. The Morgan fingerprint density at radius 1 is 0.266 bits per heavy atom. The van der Waals surface area contributed by atoms with E-state index in [0.717, 1.165) is 66.4 Å². The molecule has 0 N–H and O–H groups in total. The van der Waals surface area contributed by atoms with Gasteiger partial charge in [0.05, 0.1) is 11.6 Å². The molecule has 296 valence electrons. The van der Waals surface area contributed by atoms with Crippen molar-refractivity contribution < 1.29 is 0 Å². The number of nitriles is 1. The smallest absolute Gasteiger partial charge is 0.164 e. The summed E-state index contributed by atoms with van der Waals surface area (Å²) in [6.45, 7) is 0. The zero-order valence-electron chi connectivity index (χ0n) is 34.6. The second-order valence-corrected chi connectivity index (χ2v) is 16.2. The molecule has 1 aliphatic carbocycles. The van der Waals surface area contributed by atoms with Crippen LogP contribution >= 0.6 is 0 Å². The lowest BCUT2D eigenvalue weighted by molar-refractivity contribution is 1.07. The standard InChI is InChI=1S/C60H36N4/c61-37-46-30-31-52(49-19-8-7-18-47(46)49)55-35-34-54-51-21-10-9-20-50(51)53-33-32-48(56(55)57(53)54)40-26-22-38(23-27-40)44-16-11-17-45(36-44)39-24-28-43(29-25-39)60-63-58(41-12-3-1-4-13-41)62-59(64-60)42-14-5-2-6-15-42/h1-36H. The molecule has 11 aromatic rings. The summed E-state index contributed by atoms with van der Waals surface area (Å²) in [6, 6.07) is 79.0. The van der Waals surface area contributed by atoms with Crippen molar-refractivity contribution >= 4 is 21.5 Å². The van der Waals surface area contributed by atoms with Crippen LogP contribution in [0.15, 0.2) is 218 Å². The highest BCUT2D eigenvalue weighted by molar-refractivity contribution is 6.23. The van der Waals surface area contributed by atoms with E-state index in [0.29, 0.717) is 23.0 Å². The third-order valence-corrected chi connectivity index (χ3v) is 12.6. The number of nitrogens with zero attached hydrogens (tertiary/aromatic N) is 4. The molecular weight excluding hydrogens is 777 g/mol. The Labute approximate surface area is 371 Å². The van der Waals surface area contributed by atoms with E-state index < -0.39 is 0 Å². The molecule has 4 heteroatoms. The summed E-state index contributed by atoms with van der Waals surface area (Å²) in [4.78, 5) is 14.7. The molecule has 0 amide bonds. The largest absolute Gasteiger partial charge is 0.208 e. The first-order valence-corrected chi connectivity index (χ1v) is 21.5. The van der Waals surface area contributed by atoms with Crippen molar-refractivity contribution in [2.75, 3.05) is 0 Å². The first kappa shape index (κ1) is 37.0. The lowest BCUT2D eigenvalue weighted by atomic mass is 9.86. The highest BCUT2D eigenvalue weighted by Crippen LogP contribution is 2.52. The highest BCUT2D eigenvalue weighted by Gasteiger charge is 2.25. The maximum absolute atomic E-state index is 9.99. The van der Waals surface area contributed by atoms with Crippen LogP contribution in [0, 0.1) is 11.3 Å². The van der Waals surface area contributed by atoms with E-state index in [-0.39, 0.29) is 0 Å². The highest BCUT2D eigenvalue weighted by atomic mass is 15.0. The quantitative estimate of drug-likeness (QED) is 0.161. The minimum absolute atomic E-state index is 0.635. The molecule has 0 radical (unpaired) electrons. The van der Waals surface area contributed by atoms with E-state index in [9.17, 15) is 5.26 Å². The molecule has 64 heavy (non-hydrogen) atoms. The Bertz CT molecular complexity index is 3560. The fourth-order valence-corrected chi connectivity index (χ4v) is 9.46. The summed E-state index contributed by atoms with van der Waals surface area (Å²) in [5, 5.41) is 14.5. The van der Waals surface area contributed by atoms with Gasteiger partial charge in [0.1, 0.15) is 0 Å². The molecule has 1 heterocycles. The van der Waals surface area contributed by atoms with Gasteiger partial charge in [-0.25, -0.2) is 15.0 Å². The Kier molecular flexibility index (Phi) is 8.84. The zero-order valence-corrected chi connectivity index (χ0v) is 34.6. The maximum atomic E-state index is 9.99. The van der Waals surface area contributed by atoms with Crippen LogP contribution in [-0.4, -0.2) is 15.0 Å². The molecule has 10 aromatic carbocycles. The predicted molar refractivity (Wildman–Crippen MR) is 262 cm³/mol. The van der Waals surface area contributed by atoms with Gasteiger partial charge in [-0.15, -0.1) is 0 Å². The molecule has 0 fully saturated rings. The molecule has 1 aliphatic rings. The van der Waals surface area contributed by atoms with E-state index in [1.807, 2.05) is 72.8 Å². The van der Waals surface area contributed by atoms with Crippen molar-refractivity contribution in [3.8, 4) is 107 Å². The van der Waals surface area contributed by atoms with Crippen LogP contribution < -0.4 is 0 Å². The summed E-state index contributed by atoms with van der Waals surface area (Å²) >= 11 is 0. The fourth-order valence-electron chi connectivity index (χ4n) is 9.46. The summed E-state index contributed by atoms with van der Waals surface area (Å²) in [6.07, 6.45) is 0. The average molecular weight is 813 g/mol. The number of hydrogen-bond acceptors (Lipinski definition) is 4. The van der Waals surface area contributed by atoms with Crippen molar-refractivity contribution in [2.24, 2.45) is 0 Å². The van der Waals surface area contributed by atoms with Gasteiger partial charge in [0, 0.05) is 22.1 Å². The van der Waals surface area contributed by atoms with Gasteiger partial charge in [0.25, 0.3) is 0 Å². The first-order valence-electron chi connectivity index (χ1n) is 21.5. The summed E-state index contributed by atoms with van der Waals surface area (Å²) < 4.78 is 0. The van der Waals surface area contributed by atoms with Crippen molar-refractivity contribution in [1.29, 1.82) is 5.26 Å². The molecular formula is C60H36N4. The number of benzene rings is 10. The van der Waals surface area contributed by atoms with E-state index in [1.165, 1.54) is 38.6 Å². The van der Waals surface area contributed by atoms with E-state index in [1.54, 1.807) is 0 Å². The van der Waals surface area contributed by atoms with Crippen LogP contribution in [0.5, 0.6) is 0 Å². The maximum Gasteiger partial charge on any atom is 0.164 e. The molecule has 0 bridgehead atoms. The van der Waals surface area contributed by atoms with Crippen molar-refractivity contribution in [3.05, 3.63) is 224 Å². The average Bonchev–Trinajstić information content (AvgIpc) is 3.71. The Morgan fingerprint density at radius 2 is 0.656 bits per heavy atom. The van der Waals surface area contributed by atoms with Gasteiger partial charge in [-0.3, -0.25) is 0 Å². The lowest BCUT2D eigenvalue weighted by Crippen LogP contribution is -2.00. The van der Waals surface area contributed by atoms with Crippen LogP contribution in [0.1, 0.15) is 5.56 Å². The third-order valence-electron chi connectivity index (χ3n) is 12.6. The first-order chi connectivity index (χ1) is 31.7. The van der Waals surface area contributed by atoms with Crippen LogP contribution in [0.2, 0.25) is 0 Å². The van der Waals surface area contributed by atoms with Crippen LogP contribution in [-0.2, 0) is 0 Å². The Morgan fingerprint density at radius 3 is 1.20 bits per heavy atom. The number of rotatable bonds is 7. The lowest BCUT2D eigenvalue weighted by Gasteiger charge is -2.17. The van der Waals surface area contributed by atoms with Gasteiger partial charge in [-0.2, -0.15) is 5.26 Å². The molecule has 4 nitrogen and oxygen atoms in total. The van der Waals surface area contributed by atoms with Gasteiger partial charge in [-0.1, -0.05) is 206 Å². The molecule has 0 saturated carbocycles. The fraction of sp³-hybridized carbons (Fsp3) is 0. The normalized spacial score (nSPS) is 11.4. The minimum atomic E-state index is 0.635. The molecule has 0 spiro atoms. The molecule has 1 aromatic heterocycles. The Hall–Kier alpha value is -8.78. The predicted octanol–water partition coefficient (Wildman–Crippen LogP) is 15.4. The minimum Gasteiger partial charge on any atom is -0.208 e. The summed E-state index contributed by atoms with van der Waals surface area (Å²) in [5.41, 5.74) is 17.7. The second-order valence-electron chi connectivity index (χ2n) is 16.2. The number of fused-ring (bicyclic) bond motifs is 4. The Balaban J connectivity index is 0.903. The van der Waals surface area contributed by atoms with Gasteiger partial charge in [0.15, 0.2) is 17.5 Å². The van der Waals surface area contributed by atoms with Crippen molar-refractivity contribution in [1.82, 2.24) is 15.0 Å². The van der Waals surface area contributed by atoms with Crippen molar-refractivity contribution in [3.63, 3.8) is 0 Å². The van der Waals surface area contributed by atoms with E-state index in [2.05, 4.69) is 152 Å². The molecule has 0 unspecified atom stereocenters. The molecule has 0 aliphatic heterocycles. The number of aromatic nitrogens is 3. The van der Waals surface area contributed by atoms with E-state index >= 15 is 0 Å². The number of hydrogen-bond donors (Lipinski definition) is 0. The van der Waals surface area contributed by atoms with Crippen LogP contribution in [0.4, 0.5) is 0 Å². The van der Waals surface area contributed by atoms with Gasteiger partial charge < -0.3 is 0 Å². The zero-order chi connectivity index (χ0) is 42.6. The third kappa shape index (κ3) is 6.26. The van der Waals surface area contributed by atoms with Crippen molar-refractivity contribution in [2.45, 2.75) is 0 Å². The van der Waals surface area contributed by atoms with E-state index in [4.69, 9.17) is 15.0 Å². The van der Waals surface area contributed by atoms with Crippen LogP contribution in [0.3, 0.4) is 0 Å². The monoisotopic (exact) mass is 812 g/mol. The summed E-state index contributed by atoms with van der Waals surface area (Å²) in [5.74, 6) is 1.92. The van der Waals surface area contributed by atoms with Gasteiger partial charge >= 0.3 is 0 Å².